The summed E-state index contributed by atoms with van der Waals surface area (Å²) < 4.78 is 0.719. The van der Waals surface area contributed by atoms with Crippen molar-refractivity contribution in [3.05, 3.63) is 11.6 Å². The first-order chi connectivity index (χ1) is 5.26. The van der Waals surface area contributed by atoms with Crippen molar-refractivity contribution in [1.82, 2.24) is 0 Å². The van der Waals surface area contributed by atoms with Crippen molar-refractivity contribution in [1.29, 1.82) is 5.26 Å². The average molecular weight is 185 g/mol. The number of nitriles is 1. The molecule has 0 rings (SSSR count). The summed E-state index contributed by atoms with van der Waals surface area (Å²) >= 11 is 6.56. The third kappa shape index (κ3) is 4.18. The zero-order valence-corrected chi connectivity index (χ0v) is 8.39. The fraction of sp³-hybridized carbons (Fsp3) is 0.500. The quantitative estimate of drug-likeness (QED) is 0.384. The van der Waals surface area contributed by atoms with Crippen LogP contribution in [0.2, 0.25) is 0 Å². The normalized spacial score (nSPS) is 10.8. The summed E-state index contributed by atoms with van der Waals surface area (Å²) in [6.45, 7) is 4.02. The summed E-state index contributed by atoms with van der Waals surface area (Å²) in [6, 6.07) is 2.09. The molecule has 60 valence electrons. The molecule has 0 aromatic heterocycles. The Morgan fingerprint density at radius 2 is 2.27 bits per heavy atom. The third-order valence-corrected chi connectivity index (χ3v) is 2.37. The van der Waals surface area contributed by atoms with Gasteiger partial charge in [0.05, 0.1) is 9.77 Å². The van der Waals surface area contributed by atoms with Gasteiger partial charge in [0.15, 0.2) is 0 Å². The molecule has 0 heterocycles. The lowest BCUT2D eigenvalue weighted by Gasteiger charge is -1.96. The lowest BCUT2D eigenvalue weighted by atomic mass is 10.3. The topological polar surface area (TPSA) is 23.8 Å². The van der Waals surface area contributed by atoms with Gasteiger partial charge < -0.3 is 0 Å². The maximum atomic E-state index is 8.64. The average Bonchev–Trinajstić information content (AvgIpc) is 2.00. The molecule has 0 fully saturated rings. The summed E-state index contributed by atoms with van der Waals surface area (Å²) in [7, 11) is 0. The van der Waals surface area contributed by atoms with E-state index in [0.29, 0.717) is 5.57 Å². The SMILES string of the molecule is CCC=C(C#N)C(=S)SCC. The Labute approximate surface area is 77.5 Å². The van der Waals surface area contributed by atoms with Gasteiger partial charge in [-0.3, -0.25) is 0 Å². The largest absolute Gasteiger partial charge is 0.192 e. The molecule has 0 aliphatic rings. The van der Waals surface area contributed by atoms with E-state index in [-0.39, 0.29) is 0 Å². The monoisotopic (exact) mass is 185 g/mol. The zero-order valence-electron chi connectivity index (χ0n) is 6.76. The van der Waals surface area contributed by atoms with E-state index in [0.717, 1.165) is 16.4 Å². The van der Waals surface area contributed by atoms with E-state index in [1.165, 1.54) is 0 Å². The minimum atomic E-state index is 0.648. The molecule has 0 aromatic carbocycles. The molecule has 0 N–H and O–H groups in total. The molecule has 0 aliphatic heterocycles. The van der Waals surface area contributed by atoms with E-state index in [9.17, 15) is 0 Å². The van der Waals surface area contributed by atoms with Gasteiger partial charge in [-0.15, -0.1) is 11.8 Å². The highest BCUT2D eigenvalue weighted by molar-refractivity contribution is 8.23. The molecule has 0 spiro atoms. The van der Waals surface area contributed by atoms with E-state index in [4.69, 9.17) is 17.5 Å². The lowest BCUT2D eigenvalue weighted by molar-refractivity contribution is 1.22. The molecule has 0 saturated heterocycles. The van der Waals surface area contributed by atoms with Crippen molar-refractivity contribution in [2.75, 3.05) is 5.75 Å². The minimum absolute atomic E-state index is 0.648. The van der Waals surface area contributed by atoms with Gasteiger partial charge >= 0.3 is 0 Å². The molecule has 0 radical (unpaired) electrons. The van der Waals surface area contributed by atoms with Crippen molar-refractivity contribution < 1.29 is 0 Å². The number of thioether (sulfide) groups is 1. The second-order valence-corrected chi connectivity index (χ2v) is 3.80. The van der Waals surface area contributed by atoms with E-state index in [1.807, 2.05) is 19.9 Å². The minimum Gasteiger partial charge on any atom is -0.192 e. The highest BCUT2D eigenvalue weighted by atomic mass is 32.2. The zero-order chi connectivity index (χ0) is 8.69. The van der Waals surface area contributed by atoms with Crippen LogP contribution in [0.3, 0.4) is 0 Å². The van der Waals surface area contributed by atoms with Crippen LogP contribution in [0.15, 0.2) is 11.6 Å². The molecule has 0 aliphatic carbocycles. The van der Waals surface area contributed by atoms with E-state index < -0.39 is 0 Å². The molecule has 0 bridgehead atoms. The van der Waals surface area contributed by atoms with Crippen molar-refractivity contribution in [2.24, 2.45) is 0 Å². The Morgan fingerprint density at radius 1 is 1.64 bits per heavy atom. The van der Waals surface area contributed by atoms with Gasteiger partial charge in [0, 0.05) is 0 Å². The maximum absolute atomic E-state index is 8.64. The van der Waals surface area contributed by atoms with Gasteiger partial charge in [-0.05, 0) is 12.2 Å². The van der Waals surface area contributed by atoms with E-state index in [1.54, 1.807) is 11.8 Å². The molecule has 0 saturated carbocycles. The molecule has 11 heavy (non-hydrogen) atoms. The first-order valence-corrected chi connectivity index (χ1v) is 4.93. The molecule has 1 nitrogen and oxygen atoms in total. The van der Waals surface area contributed by atoms with Gasteiger partial charge in [-0.25, -0.2) is 0 Å². The smallest absolute Gasteiger partial charge is 0.101 e. The third-order valence-electron chi connectivity index (χ3n) is 1.02. The number of hydrogen-bond donors (Lipinski definition) is 0. The van der Waals surface area contributed by atoms with Crippen molar-refractivity contribution in [3.63, 3.8) is 0 Å². The summed E-state index contributed by atoms with van der Waals surface area (Å²) in [5, 5.41) is 8.64. The van der Waals surface area contributed by atoms with E-state index >= 15 is 0 Å². The Bertz CT molecular complexity index is 201. The van der Waals surface area contributed by atoms with Crippen LogP contribution in [0, 0.1) is 11.3 Å². The fourth-order valence-corrected chi connectivity index (χ4v) is 1.62. The Kier molecular flexibility index (Phi) is 6.19. The predicted octanol–water partition coefficient (Wildman–Crippen LogP) is 2.93. The van der Waals surface area contributed by atoms with Crippen molar-refractivity contribution in [3.8, 4) is 6.07 Å². The molecule has 0 amide bonds. The van der Waals surface area contributed by atoms with Crippen LogP contribution in [0.1, 0.15) is 20.3 Å². The molecule has 0 aromatic rings. The van der Waals surface area contributed by atoms with Crippen LogP contribution in [0.25, 0.3) is 0 Å². The highest BCUT2D eigenvalue weighted by Crippen LogP contribution is 2.12. The summed E-state index contributed by atoms with van der Waals surface area (Å²) in [6.07, 6.45) is 2.73. The number of thiocarbonyl (C=S) groups is 1. The van der Waals surface area contributed by atoms with E-state index in [2.05, 4.69) is 6.07 Å². The summed E-state index contributed by atoms with van der Waals surface area (Å²) in [5.74, 6) is 0.932. The molecule has 0 unspecified atom stereocenters. The predicted molar refractivity (Wildman–Crippen MR) is 54.7 cm³/mol. The summed E-state index contributed by atoms with van der Waals surface area (Å²) in [5.41, 5.74) is 0.648. The molecule has 0 atom stereocenters. The van der Waals surface area contributed by atoms with Crippen molar-refractivity contribution in [2.45, 2.75) is 20.3 Å². The van der Waals surface area contributed by atoms with Crippen LogP contribution in [-0.4, -0.2) is 9.95 Å². The molecule has 3 heteroatoms. The van der Waals surface area contributed by atoms with Gasteiger partial charge in [-0.2, -0.15) is 5.26 Å². The second kappa shape index (κ2) is 6.38. The Hall–Kier alpha value is -0.330. The van der Waals surface area contributed by atoms with Crippen LogP contribution in [-0.2, 0) is 0 Å². The van der Waals surface area contributed by atoms with Gasteiger partial charge in [-0.1, -0.05) is 32.1 Å². The van der Waals surface area contributed by atoms with Crippen molar-refractivity contribution >= 4 is 28.2 Å². The first kappa shape index (κ1) is 10.7. The van der Waals surface area contributed by atoms with Crippen LogP contribution in [0.4, 0.5) is 0 Å². The second-order valence-electron chi connectivity index (χ2n) is 1.86. The van der Waals surface area contributed by atoms with Crippen LogP contribution < -0.4 is 0 Å². The maximum Gasteiger partial charge on any atom is 0.101 e. The number of allylic oxidation sites excluding steroid dienone is 1. The molecular formula is C8H11NS2. The lowest BCUT2D eigenvalue weighted by Crippen LogP contribution is -1.91. The first-order valence-electron chi connectivity index (χ1n) is 3.53. The summed E-state index contributed by atoms with van der Waals surface area (Å²) in [4.78, 5) is 0. The fourth-order valence-electron chi connectivity index (χ4n) is 0.588. The van der Waals surface area contributed by atoms with Gasteiger partial charge in [0.1, 0.15) is 6.07 Å². The highest BCUT2D eigenvalue weighted by Gasteiger charge is 2.01. The standard InChI is InChI=1S/C8H11NS2/c1-3-5-7(6-9)8(10)11-4-2/h5H,3-4H2,1-2H3. The van der Waals surface area contributed by atoms with Gasteiger partial charge in [0.25, 0.3) is 0 Å². The Balaban J connectivity index is 4.18. The van der Waals surface area contributed by atoms with Crippen LogP contribution >= 0.6 is 24.0 Å². The number of rotatable bonds is 3. The van der Waals surface area contributed by atoms with Gasteiger partial charge in [0.2, 0.25) is 0 Å². The Morgan fingerprint density at radius 3 is 2.64 bits per heavy atom. The molecular weight excluding hydrogens is 174 g/mol. The van der Waals surface area contributed by atoms with Crippen LogP contribution in [0.5, 0.6) is 0 Å². The number of nitrogens with zero attached hydrogens (tertiary/aromatic N) is 1. The number of hydrogen-bond acceptors (Lipinski definition) is 3.